The van der Waals surface area contributed by atoms with E-state index in [1.54, 1.807) is 12.1 Å². The zero-order chi connectivity index (χ0) is 17.7. The fourth-order valence-electron chi connectivity index (χ4n) is 3.15. The Kier molecular flexibility index (Phi) is 6.71. The molecule has 5 nitrogen and oxygen atoms in total. The molecule has 0 aliphatic carbocycles. The first-order chi connectivity index (χ1) is 11.5. The Morgan fingerprint density at radius 1 is 1.33 bits per heavy atom. The summed E-state index contributed by atoms with van der Waals surface area (Å²) >= 11 is 0. The highest BCUT2D eigenvalue weighted by atomic mass is 19.1. The third-order valence-corrected chi connectivity index (χ3v) is 5.06. The van der Waals surface area contributed by atoms with Crippen molar-refractivity contribution in [3.05, 3.63) is 35.6 Å². The molecule has 0 bridgehead atoms. The Labute approximate surface area is 143 Å². The molecule has 3 unspecified atom stereocenters. The quantitative estimate of drug-likeness (QED) is 0.613. The van der Waals surface area contributed by atoms with Crippen LogP contribution in [0.4, 0.5) is 4.39 Å². The third-order valence-electron chi connectivity index (χ3n) is 5.06. The molecule has 0 saturated carbocycles. The summed E-state index contributed by atoms with van der Waals surface area (Å²) in [4.78, 5) is 12.4. The van der Waals surface area contributed by atoms with Gasteiger partial charge in [0.05, 0.1) is 18.7 Å². The Morgan fingerprint density at radius 3 is 2.58 bits per heavy atom. The monoisotopic (exact) mass is 337 g/mol. The van der Waals surface area contributed by atoms with Crippen LogP contribution < -0.4 is 16.2 Å². The van der Waals surface area contributed by atoms with Crippen LogP contribution in [-0.2, 0) is 4.79 Å². The Bertz CT molecular complexity index is 538. The van der Waals surface area contributed by atoms with Crippen LogP contribution in [0.2, 0.25) is 0 Å². The van der Waals surface area contributed by atoms with Gasteiger partial charge in [0.1, 0.15) is 5.82 Å². The molecule has 1 aliphatic rings. The van der Waals surface area contributed by atoms with Crippen molar-refractivity contribution in [3.8, 4) is 0 Å². The van der Waals surface area contributed by atoms with Crippen LogP contribution in [0.3, 0.4) is 0 Å². The summed E-state index contributed by atoms with van der Waals surface area (Å²) in [5.74, 6) is -0.0639. The molecule has 6 heteroatoms. The van der Waals surface area contributed by atoms with Crippen LogP contribution in [0.5, 0.6) is 0 Å². The molecule has 4 N–H and O–H groups in total. The molecule has 1 heterocycles. The molecule has 1 aromatic rings. The minimum Gasteiger partial charge on any atom is -0.394 e. The van der Waals surface area contributed by atoms with Crippen LogP contribution >= 0.6 is 0 Å². The second-order valence-corrected chi connectivity index (χ2v) is 6.72. The normalized spacial score (nSPS) is 26.1. The molecule has 1 fully saturated rings. The van der Waals surface area contributed by atoms with Gasteiger partial charge in [0.15, 0.2) is 0 Å². The predicted octanol–water partition coefficient (Wildman–Crippen LogP) is 1.89. The summed E-state index contributed by atoms with van der Waals surface area (Å²) in [5, 5.41) is 12.4. The van der Waals surface area contributed by atoms with E-state index in [1.807, 2.05) is 20.8 Å². The van der Waals surface area contributed by atoms with Crippen LogP contribution in [0.1, 0.15) is 45.2 Å². The van der Waals surface area contributed by atoms with Crippen molar-refractivity contribution in [3.63, 3.8) is 0 Å². The Morgan fingerprint density at radius 2 is 2.00 bits per heavy atom. The molecule has 2 rings (SSSR count). The Hall–Kier alpha value is -1.50. The maximum Gasteiger partial charge on any atom is 0.220 e. The molecule has 0 aromatic heterocycles. The van der Waals surface area contributed by atoms with Gasteiger partial charge in [0.2, 0.25) is 5.91 Å². The minimum atomic E-state index is -0.272. The molecular formula is C18H28FN3O2. The second kappa shape index (κ2) is 8.55. The van der Waals surface area contributed by atoms with Crippen molar-refractivity contribution in [2.24, 2.45) is 11.8 Å². The van der Waals surface area contributed by atoms with Crippen LogP contribution in [0, 0.1) is 17.7 Å². The highest BCUT2D eigenvalue weighted by Crippen LogP contribution is 2.31. The van der Waals surface area contributed by atoms with Gasteiger partial charge in [-0.1, -0.05) is 32.4 Å². The number of rotatable bonds is 7. The number of halogens is 1. The number of carbonyl (C=O) groups is 1. The molecule has 134 valence electrons. The first kappa shape index (κ1) is 18.8. The van der Waals surface area contributed by atoms with E-state index < -0.39 is 0 Å². The lowest BCUT2D eigenvalue weighted by Crippen LogP contribution is -2.43. The average molecular weight is 337 g/mol. The molecule has 1 aliphatic heterocycles. The average Bonchev–Trinajstić information content (AvgIpc) is 2.93. The van der Waals surface area contributed by atoms with Gasteiger partial charge >= 0.3 is 0 Å². The van der Waals surface area contributed by atoms with E-state index in [0.717, 1.165) is 12.0 Å². The first-order valence-corrected chi connectivity index (χ1v) is 8.63. The number of carbonyl (C=O) groups excluding carboxylic acids is 1. The largest absolute Gasteiger partial charge is 0.394 e. The van der Waals surface area contributed by atoms with Crippen molar-refractivity contribution in [1.82, 2.24) is 16.2 Å². The minimum absolute atomic E-state index is 0.0479. The summed E-state index contributed by atoms with van der Waals surface area (Å²) in [6.45, 7) is 6.02. The SMILES string of the molecule is CC[C@H](C)[C@H](CO)NC(=O)CC1C(C)NNC1c1ccc(F)cc1. The molecule has 1 amide bonds. The topological polar surface area (TPSA) is 73.4 Å². The number of hydrogen-bond donors (Lipinski definition) is 4. The smallest absolute Gasteiger partial charge is 0.220 e. The highest BCUT2D eigenvalue weighted by molar-refractivity contribution is 5.76. The van der Waals surface area contributed by atoms with Gasteiger partial charge in [-0.2, -0.15) is 0 Å². The zero-order valence-corrected chi connectivity index (χ0v) is 14.6. The second-order valence-electron chi connectivity index (χ2n) is 6.72. The van der Waals surface area contributed by atoms with E-state index in [1.165, 1.54) is 12.1 Å². The van der Waals surface area contributed by atoms with E-state index in [0.29, 0.717) is 6.42 Å². The maximum atomic E-state index is 13.1. The number of hydrazine groups is 1. The molecule has 0 spiro atoms. The Balaban J connectivity index is 2.02. The summed E-state index contributed by atoms with van der Waals surface area (Å²) in [5.41, 5.74) is 7.31. The van der Waals surface area contributed by atoms with Crippen molar-refractivity contribution in [1.29, 1.82) is 0 Å². The molecule has 1 saturated heterocycles. The number of aliphatic hydroxyl groups excluding tert-OH is 1. The van der Waals surface area contributed by atoms with Gasteiger partial charge in [-0.25, -0.2) is 9.82 Å². The van der Waals surface area contributed by atoms with E-state index >= 15 is 0 Å². The van der Waals surface area contributed by atoms with Gasteiger partial charge in [-0.05, 0) is 30.5 Å². The molecule has 24 heavy (non-hydrogen) atoms. The van der Waals surface area contributed by atoms with Crippen molar-refractivity contribution in [2.75, 3.05) is 6.61 Å². The summed E-state index contributed by atoms with van der Waals surface area (Å²) in [6.07, 6.45) is 1.24. The van der Waals surface area contributed by atoms with E-state index in [9.17, 15) is 14.3 Å². The van der Waals surface area contributed by atoms with Crippen LogP contribution in [0.15, 0.2) is 24.3 Å². The van der Waals surface area contributed by atoms with E-state index in [-0.39, 0.29) is 48.3 Å². The van der Waals surface area contributed by atoms with Gasteiger partial charge < -0.3 is 10.4 Å². The van der Waals surface area contributed by atoms with Crippen LogP contribution in [-0.4, -0.2) is 29.7 Å². The number of nitrogens with one attached hydrogen (secondary N) is 3. The van der Waals surface area contributed by atoms with Crippen molar-refractivity contribution < 1.29 is 14.3 Å². The lowest BCUT2D eigenvalue weighted by Gasteiger charge is -2.25. The summed E-state index contributed by atoms with van der Waals surface area (Å²) < 4.78 is 13.1. The van der Waals surface area contributed by atoms with Gasteiger partial charge in [0.25, 0.3) is 0 Å². The fourth-order valence-corrected chi connectivity index (χ4v) is 3.15. The van der Waals surface area contributed by atoms with Gasteiger partial charge in [0, 0.05) is 18.4 Å². The lowest BCUT2D eigenvalue weighted by molar-refractivity contribution is -0.123. The lowest BCUT2D eigenvalue weighted by atomic mass is 9.87. The standard InChI is InChI=1S/C18H28FN3O2/c1-4-11(2)16(10-23)20-17(24)9-15-12(3)21-22-18(15)13-5-7-14(19)8-6-13/h5-8,11-12,15-16,18,21-23H,4,9-10H2,1-3H3,(H,20,24)/t11-,12?,15?,16-,18?/m0/s1. The number of hydrogen-bond acceptors (Lipinski definition) is 4. The number of benzene rings is 1. The first-order valence-electron chi connectivity index (χ1n) is 8.63. The van der Waals surface area contributed by atoms with Gasteiger partial charge in [-0.3, -0.25) is 10.2 Å². The molecular weight excluding hydrogens is 309 g/mol. The van der Waals surface area contributed by atoms with E-state index in [4.69, 9.17) is 0 Å². The summed E-state index contributed by atoms with van der Waals surface area (Å²) in [6, 6.07) is 6.19. The molecule has 0 radical (unpaired) electrons. The summed E-state index contributed by atoms with van der Waals surface area (Å²) in [7, 11) is 0. The van der Waals surface area contributed by atoms with Crippen molar-refractivity contribution >= 4 is 5.91 Å². The predicted molar refractivity (Wildman–Crippen MR) is 91.5 cm³/mol. The molecule has 5 atom stereocenters. The number of aliphatic hydroxyl groups is 1. The molecule has 1 aromatic carbocycles. The maximum absolute atomic E-state index is 13.1. The van der Waals surface area contributed by atoms with E-state index in [2.05, 4.69) is 16.2 Å². The number of amides is 1. The van der Waals surface area contributed by atoms with Crippen LogP contribution in [0.25, 0.3) is 0 Å². The zero-order valence-electron chi connectivity index (χ0n) is 14.6. The fraction of sp³-hybridized carbons (Fsp3) is 0.611. The van der Waals surface area contributed by atoms with Crippen molar-refractivity contribution in [2.45, 2.75) is 51.7 Å². The highest BCUT2D eigenvalue weighted by Gasteiger charge is 2.35. The van der Waals surface area contributed by atoms with Gasteiger partial charge in [-0.15, -0.1) is 0 Å². The third kappa shape index (κ3) is 4.53.